The minimum atomic E-state index is -0.885. The van der Waals surface area contributed by atoms with E-state index in [4.69, 9.17) is 17.3 Å². The van der Waals surface area contributed by atoms with E-state index in [-0.39, 0.29) is 6.04 Å². The molecule has 0 fully saturated rings. The van der Waals surface area contributed by atoms with Crippen molar-refractivity contribution < 1.29 is 8.78 Å². The maximum absolute atomic E-state index is 13.4. The number of benzene rings is 2. The fourth-order valence-corrected chi connectivity index (χ4v) is 2.59. The molecule has 0 aliphatic carbocycles. The van der Waals surface area contributed by atoms with Crippen LogP contribution in [0.15, 0.2) is 47.5 Å². The summed E-state index contributed by atoms with van der Waals surface area (Å²) < 4.78 is 26.5. The molecule has 6 heteroatoms. The molecule has 2 aromatic rings. The van der Waals surface area contributed by atoms with Crippen LogP contribution in [0.25, 0.3) is 0 Å². The van der Waals surface area contributed by atoms with Crippen LogP contribution in [0.5, 0.6) is 0 Å². The van der Waals surface area contributed by atoms with Crippen molar-refractivity contribution in [2.24, 2.45) is 10.7 Å². The van der Waals surface area contributed by atoms with E-state index < -0.39 is 11.6 Å². The predicted octanol–water partition coefficient (Wildman–Crippen LogP) is 3.49. The molecule has 2 N–H and O–H groups in total. The summed E-state index contributed by atoms with van der Waals surface area (Å²) in [7, 11) is 0. The average molecular weight is 308 g/mol. The fourth-order valence-electron chi connectivity index (χ4n) is 2.41. The number of rotatable bonds is 2. The normalized spacial score (nSPS) is 18.0. The van der Waals surface area contributed by atoms with Gasteiger partial charge in [-0.2, -0.15) is 0 Å². The van der Waals surface area contributed by atoms with E-state index in [0.29, 0.717) is 23.1 Å². The van der Waals surface area contributed by atoms with Gasteiger partial charge in [0.05, 0.1) is 12.6 Å². The summed E-state index contributed by atoms with van der Waals surface area (Å²) >= 11 is 5.99. The van der Waals surface area contributed by atoms with Crippen LogP contribution >= 0.6 is 11.6 Å². The van der Waals surface area contributed by atoms with Gasteiger partial charge >= 0.3 is 0 Å². The van der Waals surface area contributed by atoms with Gasteiger partial charge in [0.25, 0.3) is 0 Å². The Morgan fingerprint density at radius 1 is 1.14 bits per heavy atom. The molecule has 3 rings (SSSR count). The van der Waals surface area contributed by atoms with Crippen molar-refractivity contribution in [3.05, 3.63) is 64.7 Å². The predicted molar refractivity (Wildman–Crippen MR) is 79.5 cm³/mol. The van der Waals surface area contributed by atoms with Gasteiger partial charge in [0.2, 0.25) is 0 Å². The number of nitrogens with zero attached hydrogens (tertiary/aromatic N) is 2. The van der Waals surface area contributed by atoms with Crippen LogP contribution in [-0.2, 0) is 0 Å². The molecule has 1 unspecified atom stereocenters. The highest BCUT2D eigenvalue weighted by atomic mass is 35.5. The van der Waals surface area contributed by atoms with Gasteiger partial charge in [-0.15, -0.1) is 0 Å². The van der Waals surface area contributed by atoms with Crippen LogP contribution in [0.2, 0.25) is 5.02 Å². The lowest BCUT2D eigenvalue weighted by molar-refractivity contribution is 0.505. The molecular weight excluding hydrogens is 296 g/mol. The summed E-state index contributed by atoms with van der Waals surface area (Å²) in [5, 5.41) is 0.566. The summed E-state index contributed by atoms with van der Waals surface area (Å²) in [6.07, 6.45) is 0. The van der Waals surface area contributed by atoms with Gasteiger partial charge in [0.1, 0.15) is 0 Å². The molecule has 21 heavy (non-hydrogen) atoms. The van der Waals surface area contributed by atoms with Gasteiger partial charge in [0.15, 0.2) is 17.6 Å². The lowest BCUT2D eigenvalue weighted by Gasteiger charge is -2.26. The molecule has 2 aromatic carbocycles. The molecule has 1 aliphatic rings. The van der Waals surface area contributed by atoms with Gasteiger partial charge < -0.3 is 10.6 Å². The first-order chi connectivity index (χ1) is 10.1. The monoisotopic (exact) mass is 307 g/mol. The number of halogens is 3. The SMILES string of the molecule is NC1=NCC(c2ccc(F)c(F)c2)N1c1cccc(Cl)c1. The minimum Gasteiger partial charge on any atom is -0.369 e. The molecule has 0 amide bonds. The maximum Gasteiger partial charge on any atom is 0.196 e. The first-order valence-corrected chi connectivity index (χ1v) is 6.74. The second-order valence-corrected chi connectivity index (χ2v) is 5.17. The molecular formula is C15H12ClF2N3. The lowest BCUT2D eigenvalue weighted by atomic mass is 10.1. The smallest absolute Gasteiger partial charge is 0.196 e. The van der Waals surface area contributed by atoms with Crippen molar-refractivity contribution in [3.63, 3.8) is 0 Å². The summed E-state index contributed by atoms with van der Waals surface area (Å²) in [5.41, 5.74) is 7.29. The molecule has 0 radical (unpaired) electrons. The molecule has 3 nitrogen and oxygen atoms in total. The molecule has 0 spiro atoms. The van der Waals surface area contributed by atoms with Crippen LogP contribution in [0.1, 0.15) is 11.6 Å². The van der Waals surface area contributed by atoms with E-state index >= 15 is 0 Å². The number of aliphatic imine (C=N–C) groups is 1. The van der Waals surface area contributed by atoms with Crippen LogP contribution in [0.3, 0.4) is 0 Å². The standard InChI is InChI=1S/C15H12ClF2N3/c16-10-2-1-3-11(7-10)21-14(8-20-15(21)19)9-4-5-12(17)13(18)6-9/h1-7,14H,8H2,(H2,19,20). The Kier molecular flexibility index (Phi) is 3.51. The Morgan fingerprint density at radius 3 is 2.67 bits per heavy atom. The third-order valence-corrected chi connectivity index (χ3v) is 3.63. The highest BCUT2D eigenvalue weighted by Gasteiger charge is 2.29. The molecule has 1 heterocycles. The highest BCUT2D eigenvalue weighted by Crippen LogP contribution is 2.32. The molecule has 0 saturated carbocycles. The Labute approximate surface area is 125 Å². The molecule has 0 aromatic heterocycles. The third-order valence-electron chi connectivity index (χ3n) is 3.40. The molecule has 1 atom stereocenters. The Balaban J connectivity index is 2.00. The van der Waals surface area contributed by atoms with E-state index in [2.05, 4.69) is 4.99 Å². The van der Waals surface area contributed by atoms with Crippen molar-refractivity contribution in [3.8, 4) is 0 Å². The van der Waals surface area contributed by atoms with Gasteiger partial charge in [-0.1, -0.05) is 23.7 Å². The first-order valence-electron chi connectivity index (χ1n) is 6.36. The minimum absolute atomic E-state index is 0.279. The fraction of sp³-hybridized carbons (Fsp3) is 0.133. The van der Waals surface area contributed by atoms with E-state index in [0.717, 1.165) is 11.8 Å². The zero-order valence-electron chi connectivity index (χ0n) is 10.9. The van der Waals surface area contributed by atoms with E-state index in [9.17, 15) is 8.78 Å². The van der Waals surface area contributed by atoms with Crippen molar-refractivity contribution in [1.82, 2.24) is 0 Å². The van der Waals surface area contributed by atoms with Crippen LogP contribution in [0.4, 0.5) is 14.5 Å². The second kappa shape index (κ2) is 5.33. The van der Waals surface area contributed by atoms with Gasteiger partial charge in [-0.25, -0.2) is 8.78 Å². The van der Waals surface area contributed by atoms with E-state index in [1.807, 2.05) is 6.07 Å². The van der Waals surface area contributed by atoms with Crippen LogP contribution < -0.4 is 10.6 Å². The number of hydrogen-bond donors (Lipinski definition) is 1. The van der Waals surface area contributed by atoms with Gasteiger partial charge in [-0.3, -0.25) is 4.99 Å². The first kappa shape index (κ1) is 13.8. The maximum atomic E-state index is 13.4. The summed E-state index contributed by atoms with van der Waals surface area (Å²) in [6, 6.07) is 10.7. The summed E-state index contributed by atoms with van der Waals surface area (Å²) in [5.74, 6) is -1.43. The Morgan fingerprint density at radius 2 is 1.95 bits per heavy atom. The third kappa shape index (κ3) is 2.56. The van der Waals surface area contributed by atoms with E-state index in [1.54, 1.807) is 23.1 Å². The zero-order valence-corrected chi connectivity index (χ0v) is 11.7. The largest absolute Gasteiger partial charge is 0.369 e. The molecule has 0 bridgehead atoms. The second-order valence-electron chi connectivity index (χ2n) is 4.74. The van der Waals surface area contributed by atoms with Crippen molar-refractivity contribution in [2.75, 3.05) is 11.4 Å². The van der Waals surface area contributed by atoms with E-state index in [1.165, 1.54) is 12.1 Å². The zero-order chi connectivity index (χ0) is 15.0. The summed E-state index contributed by atoms with van der Waals surface area (Å²) in [6.45, 7) is 0.378. The molecule has 1 aliphatic heterocycles. The number of hydrogen-bond acceptors (Lipinski definition) is 3. The molecule has 108 valence electrons. The topological polar surface area (TPSA) is 41.6 Å². The Bertz CT molecular complexity index is 718. The average Bonchev–Trinajstić information content (AvgIpc) is 2.84. The van der Waals surface area contributed by atoms with Crippen molar-refractivity contribution >= 4 is 23.2 Å². The molecule has 0 saturated heterocycles. The quantitative estimate of drug-likeness (QED) is 0.922. The number of anilines is 1. The lowest BCUT2D eigenvalue weighted by Crippen LogP contribution is -2.36. The van der Waals surface area contributed by atoms with Crippen molar-refractivity contribution in [2.45, 2.75) is 6.04 Å². The van der Waals surface area contributed by atoms with Gasteiger partial charge in [-0.05, 0) is 35.9 Å². The number of guanidine groups is 1. The Hall–Kier alpha value is -2.14. The highest BCUT2D eigenvalue weighted by molar-refractivity contribution is 6.30. The van der Waals surface area contributed by atoms with Gasteiger partial charge in [0, 0.05) is 10.7 Å². The summed E-state index contributed by atoms with van der Waals surface area (Å²) in [4.78, 5) is 5.96. The van der Waals surface area contributed by atoms with Crippen molar-refractivity contribution in [1.29, 1.82) is 0 Å². The van der Waals surface area contributed by atoms with Crippen LogP contribution in [0, 0.1) is 11.6 Å². The van der Waals surface area contributed by atoms with Crippen LogP contribution in [-0.4, -0.2) is 12.5 Å². The number of nitrogens with two attached hydrogens (primary N) is 1.